The average molecular weight is 215 g/mol. The lowest BCUT2D eigenvalue weighted by Gasteiger charge is -2.30. The molecule has 0 aromatic rings. The van der Waals surface area contributed by atoms with Crippen molar-refractivity contribution in [3.8, 4) is 18.2 Å². The fourth-order valence-electron chi connectivity index (χ4n) is 1.48. The Morgan fingerprint density at radius 2 is 1.60 bits per heavy atom. The summed E-state index contributed by atoms with van der Waals surface area (Å²) in [5.74, 6) is 0. The average Bonchev–Trinajstić information content (AvgIpc) is 2.56. The molecule has 15 heavy (non-hydrogen) atoms. The van der Waals surface area contributed by atoms with Crippen LogP contribution in [0.1, 0.15) is 6.42 Å². The van der Waals surface area contributed by atoms with Gasteiger partial charge >= 0.3 is 6.18 Å². The van der Waals surface area contributed by atoms with E-state index in [9.17, 15) is 13.2 Å². The van der Waals surface area contributed by atoms with Crippen LogP contribution in [-0.2, 0) is 4.74 Å². The minimum absolute atomic E-state index is 0.436. The predicted molar refractivity (Wildman–Crippen MR) is 38.6 cm³/mol. The first-order chi connectivity index (χ1) is 6.89. The zero-order chi connectivity index (χ0) is 11.7. The van der Waals surface area contributed by atoms with Crippen LogP contribution in [0.15, 0.2) is 0 Å². The Kier molecular flexibility index (Phi) is 2.35. The van der Waals surface area contributed by atoms with Crippen molar-refractivity contribution in [2.24, 2.45) is 5.41 Å². The third-order valence-corrected chi connectivity index (χ3v) is 2.39. The first-order valence-electron chi connectivity index (χ1n) is 3.83. The molecule has 1 fully saturated rings. The summed E-state index contributed by atoms with van der Waals surface area (Å²) in [5.41, 5.74) is -5.80. The van der Waals surface area contributed by atoms with Gasteiger partial charge in [-0.05, 0) is 0 Å². The molecule has 0 amide bonds. The van der Waals surface area contributed by atoms with Crippen LogP contribution in [0.25, 0.3) is 0 Å². The van der Waals surface area contributed by atoms with Gasteiger partial charge in [0.2, 0.25) is 5.41 Å². The molecule has 0 saturated carbocycles. The number of alkyl halides is 3. The number of ether oxygens (including phenoxy) is 1. The van der Waals surface area contributed by atoms with Gasteiger partial charge in [-0.15, -0.1) is 0 Å². The van der Waals surface area contributed by atoms with Crippen molar-refractivity contribution < 1.29 is 17.9 Å². The fraction of sp³-hybridized carbons (Fsp3) is 0.625. The highest BCUT2D eigenvalue weighted by atomic mass is 19.4. The third kappa shape index (κ3) is 1.16. The van der Waals surface area contributed by atoms with Crippen LogP contribution in [0.5, 0.6) is 0 Å². The summed E-state index contributed by atoms with van der Waals surface area (Å²) < 4.78 is 42.5. The molecule has 1 unspecified atom stereocenters. The van der Waals surface area contributed by atoms with E-state index in [2.05, 4.69) is 4.74 Å². The Hall–Kier alpha value is -1.78. The van der Waals surface area contributed by atoms with E-state index in [1.807, 2.05) is 0 Å². The molecule has 0 N–H and O–H groups in total. The van der Waals surface area contributed by atoms with Gasteiger partial charge in [0.05, 0.1) is 12.7 Å². The van der Waals surface area contributed by atoms with Gasteiger partial charge in [0, 0.05) is 6.42 Å². The molecule has 0 aromatic heterocycles. The fourth-order valence-corrected chi connectivity index (χ4v) is 1.48. The Morgan fingerprint density at radius 3 is 1.87 bits per heavy atom. The van der Waals surface area contributed by atoms with Crippen LogP contribution in [0.4, 0.5) is 13.2 Å². The highest BCUT2D eigenvalue weighted by Gasteiger charge is 2.73. The van der Waals surface area contributed by atoms with Gasteiger partial charge in [0.1, 0.15) is 12.1 Å². The van der Waals surface area contributed by atoms with Crippen molar-refractivity contribution in [2.75, 3.05) is 6.61 Å². The number of hydrogen-bond acceptors (Lipinski definition) is 4. The van der Waals surface area contributed by atoms with Crippen LogP contribution in [0.2, 0.25) is 0 Å². The third-order valence-electron chi connectivity index (χ3n) is 2.39. The van der Waals surface area contributed by atoms with Crippen LogP contribution in [0.3, 0.4) is 0 Å². The minimum Gasteiger partial charge on any atom is -0.346 e. The van der Waals surface area contributed by atoms with Crippen molar-refractivity contribution in [1.29, 1.82) is 15.8 Å². The molecule has 0 aliphatic carbocycles. The van der Waals surface area contributed by atoms with Gasteiger partial charge in [-0.1, -0.05) is 0 Å². The molecule has 1 atom stereocenters. The molecule has 4 nitrogen and oxygen atoms in total. The van der Waals surface area contributed by atoms with Gasteiger partial charge in [-0.25, -0.2) is 0 Å². The van der Waals surface area contributed by atoms with Crippen molar-refractivity contribution in [3.05, 3.63) is 0 Å². The summed E-state index contributed by atoms with van der Waals surface area (Å²) >= 11 is 0. The maximum absolute atomic E-state index is 12.7. The van der Waals surface area contributed by atoms with E-state index in [1.54, 1.807) is 0 Å². The molecule has 1 saturated heterocycles. The second-order valence-electron chi connectivity index (χ2n) is 3.02. The summed E-state index contributed by atoms with van der Waals surface area (Å²) in [6.45, 7) is -0.436. The number of halogens is 3. The van der Waals surface area contributed by atoms with Gasteiger partial charge in [-0.2, -0.15) is 29.0 Å². The van der Waals surface area contributed by atoms with Gasteiger partial charge in [-0.3, -0.25) is 0 Å². The molecular weight excluding hydrogens is 211 g/mol. The summed E-state index contributed by atoms with van der Waals surface area (Å²) in [4.78, 5) is 0. The maximum atomic E-state index is 12.7. The highest BCUT2D eigenvalue weighted by molar-refractivity contribution is 5.35. The number of rotatable bonds is 0. The molecule has 1 rings (SSSR count). The molecule has 0 aromatic carbocycles. The Balaban J connectivity index is 3.42. The predicted octanol–water partition coefficient (Wildman–Crippen LogP) is 1.26. The Morgan fingerprint density at radius 1 is 1.07 bits per heavy atom. The lowest BCUT2D eigenvalue weighted by atomic mass is 9.73. The van der Waals surface area contributed by atoms with Crippen LogP contribution in [-0.4, -0.2) is 18.4 Å². The van der Waals surface area contributed by atoms with Gasteiger partial charge in [0.15, 0.2) is 0 Å². The van der Waals surface area contributed by atoms with Crippen molar-refractivity contribution in [2.45, 2.75) is 18.2 Å². The standard InChI is InChI=1S/C8H4F3N3O/c9-8(10,11)6(3-12)1-2-15-7(6,4-13)5-14/h1-2H2. The molecule has 0 radical (unpaired) electrons. The second kappa shape index (κ2) is 3.12. The molecule has 1 aliphatic heterocycles. The molecule has 1 aliphatic rings. The quantitative estimate of drug-likeness (QED) is 0.609. The van der Waals surface area contributed by atoms with Crippen molar-refractivity contribution in [1.82, 2.24) is 0 Å². The molecule has 0 spiro atoms. The lowest BCUT2D eigenvalue weighted by molar-refractivity contribution is -0.220. The van der Waals surface area contributed by atoms with Crippen molar-refractivity contribution in [3.63, 3.8) is 0 Å². The van der Waals surface area contributed by atoms with E-state index in [4.69, 9.17) is 15.8 Å². The molecular formula is C8H4F3N3O. The second-order valence-corrected chi connectivity index (χ2v) is 3.02. The van der Waals surface area contributed by atoms with Crippen molar-refractivity contribution >= 4 is 0 Å². The summed E-state index contributed by atoms with van der Waals surface area (Å²) in [6.07, 6.45) is -5.67. The minimum atomic E-state index is -4.97. The Labute approximate surface area is 83.1 Å². The number of nitriles is 3. The Bertz CT molecular complexity index is 383. The normalized spacial score (nSPS) is 28.8. The maximum Gasteiger partial charge on any atom is 0.412 e. The lowest BCUT2D eigenvalue weighted by Crippen LogP contribution is -2.51. The summed E-state index contributed by atoms with van der Waals surface area (Å²) in [7, 11) is 0. The first-order valence-corrected chi connectivity index (χ1v) is 3.83. The zero-order valence-corrected chi connectivity index (χ0v) is 7.30. The molecule has 7 heteroatoms. The van der Waals surface area contributed by atoms with Gasteiger partial charge in [0.25, 0.3) is 5.60 Å². The van der Waals surface area contributed by atoms with Crippen LogP contribution in [0, 0.1) is 39.4 Å². The van der Waals surface area contributed by atoms with Gasteiger partial charge < -0.3 is 4.74 Å². The first kappa shape index (κ1) is 11.3. The highest BCUT2D eigenvalue weighted by Crippen LogP contribution is 2.53. The zero-order valence-electron chi connectivity index (χ0n) is 7.30. The SMILES string of the molecule is N#CC1(C#N)OCCC1(C#N)C(F)(F)F. The molecule has 1 heterocycles. The molecule has 78 valence electrons. The summed E-state index contributed by atoms with van der Waals surface area (Å²) in [6, 6.07) is 3.31. The van der Waals surface area contributed by atoms with Crippen LogP contribution < -0.4 is 0 Å². The van der Waals surface area contributed by atoms with E-state index < -0.39 is 30.2 Å². The number of hydrogen-bond donors (Lipinski definition) is 0. The van der Waals surface area contributed by atoms with E-state index in [1.165, 1.54) is 0 Å². The topological polar surface area (TPSA) is 80.6 Å². The smallest absolute Gasteiger partial charge is 0.346 e. The summed E-state index contributed by atoms with van der Waals surface area (Å²) in [5, 5.41) is 25.8. The van der Waals surface area contributed by atoms with E-state index >= 15 is 0 Å². The van der Waals surface area contributed by atoms with E-state index in [0.29, 0.717) is 0 Å². The largest absolute Gasteiger partial charge is 0.412 e. The number of nitrogens with zero attached hydrogens (tertiary/aromatic N) is 3. The van der Waals surface area contributed by atoms with E-state index in [0.717, 1.165) is 18.2 Å². The van der Waals surface area contributed by atoms with Crippen LogP contribution >= 0.6 is 0 Å². The monoisotopic (exact) mass is 215 g/mol. The molecule has 0 bridgehead atoms. The van der Waals surface area contributed by atoms with E-state index in [-0.39, 0.29) is 0 Å².